The summed E-state index contributed by atoms with van der Waals surface area (Å²) in [6.07, 6.45) is 2.84. The van der Waals surface area contributed by atoms with Crippen LogP contribution in [0.15, 0.2) is 23.9 Å². The van der Waals surface area contributed by atoms with Gasteiger partial charge >= 0.3 is 0 Å². The highest BCUT2D eigenvalue weighted by Crippen LogP contribution is 2.00. The first-order valence-corrected chi connectivity index (χ1v) is 2.72. The first-order chi connectivity index (χ1) is 4.76. The van der Waals surface area contributed by atoms with E-state index in [1.807, 2.05) is 0 Å². The molecule has 0 aliphatic carbocycles. The zero-order valence-electron chi connectivity index (χ0n) is 6.13. The zero-order chi connectivity index (χ0) is 7.98. The maximum Gasteiger partial charge on any atom is 0.227 e. The number of hydrogen-bond donors (Lipinski definition) is 2. The molecule has 0 spiro atoms. The van der Waals surface area contributed by atoms with Gasteiger partial charge in [-0.05, 0) is 6.20 Å². The second-order valence-electron chi connectivity index (χ2n) is 1.50. The second kappa shape index (κ2) is 4.55. The molecule has 0 heterocycles. The van der Waals surface area contributed by atoms with Crippen molar-refractivity contribution in [3.63, 3.8) is 0 Å². The standard InChI is InChI=1S/C6H12N2O2/c1-9-5(3-4-7)6(8)10-2/h3-4H,7-8H2,1-2H3/b4-3-,6-5-. The third-order valence-electron chi connectivity index (χ3n) is 0.930. The first kappa shape index (κ1) is 8.68. The van der Waals surface area contributed by atoms with Gasteiger partial charge in [-0.25, -0.2) is 0 Å². The van der Waals surface area contributed by atoms with E-state index in [1.165, 1.54) is 26.5 Å². The van der Waals surface area contributed by atoms with Gasteiger partial charge in [-0.2, -0.15) is 0 Å². The van der Waals surface area contributed by atoms with Crippen LogP contribution < -0.4 is 11.5 Å². The Kier molecular flexibility index (Phi) is 3.95. The van der Waals surface area contributed by atoms with E-state index < -0.39 is 0 Å². The van der Waals surface area contributed by atoms with Crippen molar-refractivity contribution in [1.82, 2.24) is 0 Å². The molecule has 0 fully saturated rings. The number of nitrogens with two attached hydrogens (primary N) is 2. The van der Waals surface area contributed by atoms with Gasteiger partial charge in [-0.3, -0.25) is 0 Å². The molecule has 0 amide bonds. The zero-order valence-corrected chi connectivity index (χ0v) is 6.13. The van der Waals surface area contributed by atoms with E-state index in [9.17, 15) is 0 Å². The Balaban J connectivity index is 4.29. The summed E-state index contributed by atoms with van der Waals surface area (Å²) >= 11 is 0. The Morgan fingerprint density at radius 2 is 1.90 bits per heavy atom. The molecular formula is C6H12N2O2. The minimum absolute atomic E-state index is 0.212. The van der Waals surface area contributed by atoms with Crippen LogP contribution in [0.5, 0.6) is 0 Å². The monoisotopic (exact) mass is 144 g/mol. The van der Waals surface area contributed by atoms with Crippen molar-refractivity contribution in [3.8, 4) is 0 Å². The molecule has 10 heavy (non-hydrogen) atoms. The molecule has 4 nitrogen and oxygen atoms in total. The molecule has 0 aliphatic heterocycles. The average molecular weight is 144 g/mol. The van der Waals surface area contributed by atoms with Crippen LogP contribution in [0.1, 0.15) is 0 Å². The Hall–Kier alpha value is -1.32. The van der Waals surface area contributed by atoms with E-state index in [0.717, 1.165) is 0 Å². The largest absolute Gasteiger partial charge is 0.491 e. The molecule has 0 aromatic heterocycles. The molecule has 0 saturated carbocycles. The number of allylic oxidation sites excluding steroid dienone is 1. The summed E-state index contributed by atoms with van der Waals surface area (Å²) < 4.78 is 9.49. The topological polar surface area (TPSA) is 70.5 Å². The number of methoxy groups -OCH3 is 2. The van der Waals surface area contributed by atoms with Gasteiger partial charge in [0.15, 0.2) is 5.76 Å². The number of ether oxygens (including phenoxy) is 2. The maximum absolute atomic E-state index is 5.34. The number of rotatable bonds is 3. The van der Waals surface area contributed by atoms with Gasteiger partial charge in [0.1, 0.15) is 0 Å². The molecule has 0 atom stereocenters. The highest BCUT2D eigenvalue weighted by Gasteiger charge is 1.96. The summed E-state index contributed by atoms with van der Waals surface area (Å²) in [7, 11) is 2.94. The molecule has 0 saturated heterocycles. The van der Waals surface area contributed by atoms with Crippen LogP contribution in [0.2, 0.25) is 0 Å². The summed E-state index contributed by atoms with van der Waals surface area (Å²) in [5.74, 6) is 0.634. The van der Waals surface area contributed by atoms with Crippen molar-refractivity contribution in [3.05, 3.63) is 23.9 Å². The molecule has 0 unspecified atom stereocenters. The minimum atomic E-state index is 0.212. The van der Waals surface area contributed by atoms with Gasteiger partial charge in [-0.1, -0.05) is 0 Å². The van der Waals surface area contributed by atoms with E-state index in [-0.39, 0.29) is 5.88 Å². The molecule has 0 bridgehead atoms. The van der Waals surface area contributed by atoms with Crippen molar-refractivity contribution in [1.29, 1.82) is 0 Å². The summed E-state index contributed by atoms with van der Waals surface area (Å²) in [5, 5.41) is 0. The van der Waals surface area contributed by atoms with Crippen LogP contribution in [0.3, 0.4) is 0 Å². The fraction of sp³-hybridized carbons (Fsp3) is 0.333. The second-order valence-corrected chi connectivity index (χ2v) is 1.50. The molecule has 0 aliphatic rings. The third kappa shape index (κ3) is 2.30. The predicted octanol–water partition coefficient (Wildman–Crippen LogP) is -0.121. The van der Waals surface area contributed by atoms with Gasteiger partial charge in [0.2, 0.25) is 5.88 Å². The quantitative estimate of drug-likeness (QED) is 0.428. The number of hydrogen-bond acceptors (Lipinski definition) is 4. The Labute approximate surface area is 60.1 Å². The van der Waals surface area contributed by atoms with Gasteiger partial charge < -0.3 is 20.9 Å². The van der Waals surface area contributed by atoms with Crippen LogP contribution in [-0.2, 0) is 9.47 Å². The maximum atomic E-state index is 5.34. The van der Waals surface area contributed by atoms with Crippen molar-refractivity contribution in [2.45, 2.75) is 0 Å². The summed E-state index contributed by atoms with van der Waals surface area (Å²) in [6.45, 7) is 0. The lowest BCUT2D eigenvalue weighted by Gasteiger charge is -2.03. The van der Waals surface area contributed by atoms with Gasteiger partial charge in [0, 0.05) is 6.08 Å². The third-order valence-corrected chi connectivity index (χ3v) is 0.930. The lowest BCUT2D eigenvalue weighted by Crippen LogP contribution is -2.04. The average Bonchev–Trinajstić information content (AvgIpc) is 1.99. The summed E-state index contributed by atoms with van der Waals surface area (Å²) in [6, 6.07) is 0. The highest BCUT2D eigenvalue weighted by molar-refractivity contribution is 5.13. The summed E-state index contributed by atoms with van der Waals surface area (Å²) in [4.78, 5) is 0. The van der Waals surface area contributed by atoms with E-state index in [1.54, 1.807) is 0 Å². The van der Waals surface area contributed by atoms with Gasteiger partial charge in [0.25, 0.3) is 0 Å². The van der Waals surface area contributed by atoms with Gasteiger partial charge in [-0.15, -0.1) is 0 Å². The SMILES string of the molecule is CO/C(N)=C(/C=C\N)OC. The fourth-order valence-electron chi connectivity index (χ4n) is 0.439. The first-order valence-electron chi connectivity index (χ1n) is 2.72. The van der Waals surface area contributed by atoms with Crippen molar-refractivity contribution in [2.75, 3.05) is 14.2 Å². The lowest BCUT2D eigenvalue weighted by molar-refractivity contribution is 0.228. The predicted molar refractivity (Wildman–Crippen MR) is 38.6 cm³/mol. The van der Waals surface area contributed by atoms with E-state index in [4.69, 9.17) is 16.2 Å². The van der Waals surface area contributed by atoms with Gasteiger partial charge in [0.05, 0.1) is 14.2 Å². The molecular weight excluding hydrogens is 132 g/mol. The molecule has 0 aromatic carbocycles. The molecule has 0 radical (unpaired) electrons. The highest BCUT2D eigenvalue weighted by atomic mass is 16.5. The smallest absolute Gasteiger partial charge is 0.227 e. The minimum Gasteiger partial charge on any atom is -0.491 e. The van der Waals surface area contributed by atoms with E-state index in [0.29, 0.717) is 5.76 Å². The molecule has 4 heteroatoms. The lowest BCUT2D eigenvalue weighted by atomic mass is 10.5. The molecule has 58 valence electrons. The Bertz CT molecular complexity index is 152. The van der Waals surface area contributed by atoms with E-state index >= 15 is 0 Å². The molecule has 0 aromatic rings. The van der Waals surface area contributed by atoms with Crippen LogP contribution in [-0.4, -0.2) is 14.2 Å². The van der Waals surface area contributed by atoms with Crippen molar-refractivity contribution >= 4 is 0 Å². The summed E-state index contributed by atoms with van der Waals surface area (Å²) in [5.41, 5.74) is 10.4. The van der Waals surface area contributed by atoms with E-state index in [2.05, 4.69) is 4.74 Å². The van der Waals surface area contributed by atoms with Crippen LogP contribution in [0.25, 0.3) is 0 Å². The normalized spacial score (nSPS) is 13.0. The van der Waals surface area contributed by atoms with Crippen LogP contribution in [0.4, 0.5) is 0 Å². The molecule has 4 N–H and O–H groups in total. The molecule has 0 rings (SSSR count). The van der Waals surface area contributed by atoms with Crippen molar-refractivity contribution < 1.29 is 9.47 Å². The fourth-order valence-corrected chi connectivity index (χ4v) is 0.439. The van der Waals surface area contributed by atoms with Crippen LogP contribution >= 0.6 is 0 Å². The Morgan fingerprint density at radius 3 is 2.20 bits per heavy atom. The van der Waals surface area contributed by atoms with Crippen molar-refractivity contribution in [2.24, 2.45) is 11.5 Å². The Morgan fingerprint density at radius 1 is 1.30 bits per heavy atom. The van der Waals surface area contributed by atoms with Crippen LogP contribution in [0, 0.1) is 0 Å².